The average molecular weight is 326 g/mol. The molecule has 0 bridgehead atoms. The number of non-ortho nitro benzene ring substituents is 1. The van der Waals surface area contributed by atoms with Crippen molar-refractivity contribution < 1.29 is 29.6 Å². The summed E-state index contributed by atoms with van der Waals surface area (Å²) in [6.45, 7) is 0. The third-order valence-corrected chi connectivity index (χ3v) is 2.52. The van der Waals surface area contributed by atoms with E-state index < -0.39 is 51.7 Å². The first-order valence-corrected chi connectivity index (χ1v) is 5.93. The molecule has 0 heterocycles. The smallest absolute Gasteiger partial charge is 0.352 e. The van der Waals surface area contributed by atoms with E-state index in [0.29, 0.717) is 6.07 Å². The van der Waals surface area contributed by atoms with Gasteiger partial charge in [0.05, 0.1) is 22.3 Å². The minimum atomic E-state index is -1.50. The number of hydrazone groups is 1. The highest BCUT2D eigenvalue weighted by molar-refractivity contribution is 6.35. The summed E-state index contributed by atoms with van der Waals surface area (Å²) >= 11 is 0. The number of benzene rings is 1. The van der Waals surface area contributed by atoms with E-state index in [-0.39, 0.29) is 5.69 Å². The van der Waals surface area contributed by atoms with Gasteiger partial charge in [0.15, 0.2) is 0 Å². The van der Waals surface area contributed by atoms with E-state index in [1.54, 1.807) is 0 Å². The highest BCUT2D eigenvalue weighted by atomic mass is 16.6. The van der Waals surface area contributed by atoms with Gasteiger partial charge in [-0.3, -0.25) is 30.4 Å². The van der Waals surface area contributed by atoms with E-state index in [4.69, 9.17) is 10.2 Å². The summed E-state index contributed by atoms with van der Waals surface area (Å²) in [6.07, 6.45) is -0.895. The van der Waals surface area contributed by atoms with Crippen molar-refractivity contribution in [2.75, 3.05) is 5.43 Å². The van der Waals surface area contributed by atoms with Crippen molar-refractivity contribution in [2.45, 2.75) is 12.8 Å². The van der Waals surface area contributed by atoms with Crippen molar-refractivity contribution in [1.82, 2.24) is 0 Å². The fourth-order valence-electron chi connectivity index (χ4n) is 1.44. The van der Waals surface area contributed by atoms with Crippen LogP contribution in [0.5, 0.6) is 0 Å². The standard InChI is InChI=1S/C11H10N4O8/c16-10(17)4-3-8(11(18)19)13-12-7-2-1-6(14(20)21)5-9(7)15(22)23/h1-2,5,12H,3-4H2,(H,16,17)(H,18,19)/b13-8-. The summed E-state index contributed by atoms with van der Waals surface area (Å²) in [7, 11) is 0. The van der Waals surface area contributed by atoms with Crippen LogP contribution in [0.15, 0.2) is 23.3 Å². The molecule has 1 aromatic carbocycles. The van der Waals surface area contributed by atoms with E-state index in [9.17, 15) is 29.8 Å². The molecule has 23 heavy (non-hydrogen) atoms. The molecule has 0 aliphatic heterocycles. The Morgan fingerprint density at radius 1 is 1.13 bits per heavy atom. The molecule has 0 saturated heterocycles. The number of carboxylic acids is 2. The SMILES string of the molecule is O=C(O)CC/C(=N/Nc1ccc([N+](=O)[O-])cc1[N+](=O)[O-])C(=O)O. The normalized spacial score (nSPS) is 10.9. The lowest BCUT2D eigenvalue weighted by molar-refractivity contribution is -0.393. The van der Waals surface area contributed by atoms with Gasteiger partial charge in [-0.25, -0.2) is 4.79 Å². The van der Waals surface area contributed by atoms with Crippen LogP contribution in [0, 0.1) is 20.2 Å². The largest absolute Gasteiger partial charge is 0.481 e. The topological polar surface area (TPSA) is 185 Å². The monoisotopic (exact) mass is 326 g/mol. The summed E-state index contributed by atoms with van der Waals surface area (Å²) in [5.74, 6) is -2.73. The molecule has 0 aromatic heterocycles. The predicted octanol–water partition coefficient (Wildman–Crippen LogP) is 1.22. The second-order valence-corrected chi connectivity index (χ2v) is 4.08. The molecular weight excluding hydrogens is 316 g/mol. The number of nitrogens with one attached hydrogen (secondary N) is 1. The quantitative estimate of drug-likeness (QED) is 0.358. The third kappa shape index (κ3) is 5.04. The molecule has 12 nitrogen and oxygen atoms in total. The van der Waals surface area contributed by atoms with Gasteiger partial charge in [0.25, 0.3) is 5.69 Å². The molecule has 1 rings (SSSR count). The number of rotatable bonds is 8. The number of nitro groups is 2. The first kappa shape index (κ1) is 17.5. The van der Waals surface area contributed by atoms with Crippen molar-refractivity contribution in [3.8, 4) is 0 Å². The van der Waals surface area contributed by atoms with Gasteiger partial charge in [-0.15, -0.1) is 0 Å². The Labute approximate surface area is 127 Å². The van der Waals surface area contributed by atoms with Gasteiger partial charge in [0.1, 0.15) is 11.4 Å². The van der Waals surface area contributed by atoms with Crippen LogP contribution in [0.3, 0.4) is 0 Å². The Balaban J connectivity index is 3.08. The maximum Gasteiger partial charge on any atom is 0.352 e. The molecule has 0 atom stereocenters. The van der Waals surface area contributed by atoms with E-state index in [1.807, 2.05) is 0 Å². The van der Waals surface area contributed by atoms with Gasteiger partial charge in [0.2, 0.25) is 0 Å². The number of nitro benzene ring substituents is 2. The lowest BCUT2D eigenvalue weighted by Gasteiger charge is -2.04. The summed E-state index contributed by atoms with van der Waals surface area (Å²) in [5.41, 5.74) is 0.0984. The first-order valence-electron chi connectivity index (χ1n) is 5.93. The zero-order valence-electron chi connectivity index (χ0n) is 11.3. The maximum atomic E-state index is 10.9. The van der Waals surface area contributed by atoms with E-state index in [2.05, 4.69) is 10.5 Å². The maximum absolute atomic E-state index is 10.9. The minimum Gasteiger partial charge on any atom is -0.481 e. The van der Waals surface area contributed by atoms with Gasteiger partial charge in [-0.1, -0.05) is 0 Å². The third-order valence-electron chi connectivity index (χ3n) is 2.52. The van der Waals surface area contributed by atoms with E-state index >= 15 is 0 Å². The molecule has 12 heteroatoms. The van der Waals surface area contributed by atoms with Crippen LogP contribution in [0.2, 0.25) is 0 Å². The highest BCUT2D eigenvalue weighted by Crippen LogP contribution is 2.28. The Bertz CT molecular complexity index is 699. The average Bonchev–Trinajstić information content (AvgIpc) is 2.46. The molecular formula is C11H10N4O8. The van der Waals surface area contributed by atoms with E-state index in [1.165, 1.54) is 0 Å². The molecule has 0 unspecified atom stereocenters. The van der Waals surface area contributed by atoms with Gasteiger partial charge < -0.3 is 10.2 Å². The Morgan fingerprint density at radius 2 is 1.78 bits per heavy atom. The van der Waals surface area contributed by atoms with Gasteiger partial charge in [-0.2, -0.15) is 5.10 Å². The van der Waals surface area contributed by atoms with Crippen LogP contribution in [0.25, 0.3) is 0 Å². The molecule has 0 aliphatic carbocycles. The molecule has 3 N–H and O–H groups in total. The van der Waals surface area contributed by atoms with Crippen molar-refractivity contribution >= 4 is 34.7 Å². The second kappa shape index (κ2) is 7.44. The number of carboxylic acid groups (broad SMARTS) is 2. The Hall–Kier alpha value is -3.57. The number of hydrogen-bond acceptors (Lipinski definition) is 8. The fraction of sp³-hybridized carbons (Fsp3) is 0.182. The number of nitrogens with zero attached hydrogens (tertiary/aromatic N) is 3. The number of anilines is 1. The van der Waals surface area contributed by atoms with E-state index in [0.717, 1.165) is 12.1 Å². The molecule has 122 valence electrons. The summed E-state index contributed by atoms with van der Waals surface area (Å²) in [4.78, 5) is 41.1. The van der Waals surface area contributed by atoms with Crippen molar-refractivity contribution in [3.05, 3.63) is 38.4 Å². The lowest BCUT2D eigenvalue weighted by Crippen LogP contribution is -2.16. The number of carbonyl (C=O) groups is 2. The van der Waals surface area contributed by atoms with Crippen LogP contribution in [-0.2, 0) is 9.59 Å². The van der Waals surface area contributed by atoms with Crippen LogP contribution in [-0.4, -0.2) is 37.7 Å². The number of aliphatic carboxylic acids is 2. The molecule has 0 fully saturated rings. The van der Waals surface area contributed by atoms with Crippen molar-refractivity contribution in [3.63, 3.8) is 0 Å². The molecule has 1 aromatic rings. The fourth-order valence-corrected chi connectivity index (χ4v) is 1.44. The Kier molecular flexibility index (Phi) is 5.66. The summed E-state index contributed by atoms with van der Waals surface area (Å²) in [6, 6.07) is 2.66. The Morgan fingerprint density at radius 3 is 2.26 bits per heavy atom. The summed E-state index contributed by atoms with van der Waals surface area (Å²) in [5, 5.41) is 42.3. The van der Waals surface area contributed by atoms with Gasteiger partial charge in [0, 0.05) is 12.5 Å². The van der Waals surface area contributed by atoms with Crippen molar-refractivity contribution in [1.29, 1.82) is 0 Å². The zero-order chi connectivity index (χ0) is 17.6. The van der Waals surface area contributed by atoms with Crippen LogP contribution in [0.1, 0.15) is 12.8 Å². The van der Waals surface area contributed by atoms with Crippen molar-refractivity contribution in [2.24, 2.45) is 5.10 Å². The minimum absolute atomic E-state index is 0.269. The summed E-state index contributed by atoms with van der Waals surface area (Å²) < 4.78 is 0. The first-order chi connectivity index (χ1) is 10.7. The molecule has 0 aliphatic rings. The van der Waals surface area contributed by atoms with Crippen LogP contribution >= 0.6 is 0 Å². The molecule has 0 radical (unpaired) electrons. The molecule has 0 saturated carbocycles. The van der Waals surface area contributed by atoms with Crippen LogP contribution in [0.4, 0.5) is 17.1 Å². The van der Waals surface area contributed by atoms with Crippen LogP contribution < -0.4 is 5.43 Å². The molecule has 0 amide bonds. The predicted molar refractivity (Wildman–Crippen MR) is 75.3 cm³/mol. The van der Waals surface area contributed by atoms with Gasteiger partial charge in [-0.05, 0) is 6.07 Å². The lowest BCUT2D eigenvalue weighted by atomic mass is 10.2. The zero-order valence-corrected chi connectivity index (χ0v) is 11.3. The van der Waals surface area contributed by atoms with Gasteiger partial charge >= 0.3 is 17.6 Å². The molecule has 0 spiro atoms. The second-order valence-electron chi connectivity index (χ2n) is 4.08. The number of hydrogen-bond donors (Lipinski definition) is 3. The highest BCUT2D eigenvalue weighted by Gasteiger charge is 2.20.